The number of rotatable bonds is 4. The first-order valence-electron chi connectivity index (χ1n) is 5.86. The molecule has 100 valence electrons. The summed E-state index contributed by atoms with van der Waals surface area (Å²) in [6, 6.07) is 1.53. The molecule has 0 radical (unpaired) electrons. The standard InChI is InChI=1S/C13H18ClNO3/c1-7(2)17-10-6-11(14)15-9(5)12(10)13(16)18-8(3)4/h6-8H,1-5H3. The predicted molar refractivity (Wildman–Crippen MR) is 70.3 cm³/mol. The van der Waals surface area contributed by atoms with Crippen LogP contribution in [0.25, 0.3) is 0 Å². The third-order valence-corrected chi connectivity index (χ3v) is 2.24. The molecule has 0 amide bonds. The molecule has 18 heavy (non-hydrogen) atoms. The van der Waals surface area contributed by atoms with Crippen LogP contribution >= 0.6 is 11.6 Å². The van der Waals surface area contributed by atoms with Crippen LogP contribution in [0.15, 0.2) is 6.07 Å². The van der Waals surface area contributed by atoms with E-state index >= 15 is 0 Å². The van der Waals surface area contributed by atoms with E-state index in [9.17, 15) is 4.79 Å². The minimum Gasteiger partial charge on any atom is -0.490 e. The summed E-state index contributed by atoms with van der Waals surface area (Å²) in [5.74, 6) is -0.0320. The number of ether oxygens (including phenoxy) is 2. The molecule has 1 rings (SSSR count). The van der Waals surface area contributed by atoms with E-state index in [4.69, 9.17) is 21.1 Å². The maximum absolute atomic E-state index is 12.0. The predicted octanol–water partition coefficient (Wildman–Crippen LogP) is 3.40. The highest BCUT2D eigenvalue weighted by molar-refractivity contribution is 6.29. The summed E-state index contributed by atoms with van der Waals surface area (Å²) in [4.78, 5) is 16.1. The highest BCUT2D eigenvalue weighted by atomic mass is 35.5. The van der Waals surface area contributed by atoms with Crippen LogP contribution in [0, 0.1) is 6.92 Å². The van der Waals surface area contributed by atoms with Crippen molar-refractivity contribution in [2.45, 2.75) is 46.8 Å². The van der Waals surface area contributed by atoms with E-state index in [1.807, 2.05) is 13.8 Å². The first kappa shape index (κ1) is 14.8. The van der Waals surface area contributed by atoms with Gasteiger partial charge in [0, 0.05) is 6.07 Å². The minimum atomic E-state index is -0.442. The number of carbonyl (C=O) groups excluding carboxylic acids is 1. The Bertz CT molecular complexity index is 444. The molecule has 5 heteroatoms. The molecule has 0 atom stereocenters. The monoisotopic (exact) mass is 271 g/mol. The molecule has 1 aromatic rings. The van der Waals surface area contributed by atoms with Gasteiger partial charge in [0.2, 0.25) is 0 Å². The third-order valence-electron chi connectivity index (χ3n) is 2.04. The zero-order valence-electron chi connectivity index (χ0n) is 11.3. The number of halogens is 1. The maximum atomic E-state index is 12.0. The highest BCUT2D eigenvalue weighted by Crippen LogP contribution is 2.26. The number of nitrogens with zero attached hydrogens (tertiary/aromatic N) is 1. The number of hydrogen-bond acceptors (Lipinski definition) is 4. The van der Waals surface area contributed by atoms with E-state index in [-0.39, 0.29) is 12.2 Å². The minimum absolute atomic E-state index is 0.0616. The van der Waals surface area contributed by atoms with Gasteiger partial charge in [-0.05, 0) is 34.6 Å². The molecular weight excluding hydrogens is 254 g/mol. The Morgan fingerprint density at radius 3 is 2.39 bits per heavy atom. The van der Waals surface area contributed by atoms with Gasteiger partial charge in [0.05, 0.1) is 17.9 Å². The number of hydrogen-bond donors (Lipinski definition) is 0. The van der Waals surface area contributed by atoms with Crippen LogP contribution in [0.2, 0.25) is 5.15 Å². The number of esters is 1. The summed E-state index contributed by atoms with van der Waals surface area (Å²) in [6.45, 7) is 9.04. The fraction of sp³-hybridized carbons (Fsp3) is 0.538. The van der Waals surface area contributed by atoms with Crippen LogP contribution in [0.4, 0.5) is 0 Å². The van der Waals surface area contributed by atoms with Crippen LogP contribution in [0.5, 0.6) is 5.75 Å². The lowest BCUT2D eigenvalue weighted by Crippen LogP contribution is -2.17. The topological polar surface area (TPSA) is 48.4 Å². The summed E-state index contributed by atoms with van der Waals surface area (Å²) in [7, 11) is 0. The number of aryl methyl sites for hydroxylation is 1. The van der Waals surface area contributed by atoms with E-state index in [1.54, 1.807) is 20.8 Å². The van der Waals surface area contributed by atoms with Crippen molar-refractivity contribution in [2.75, 3.05) is 0 Å². The van der Waals surface area contributed by atoms with Gasteiger partial charge in [-0.2, -0.15) is 0 Å². The van der Waals surface area contributed by atoms with Crippen LogP contribution in [-0.2, 0) is 4.74 Å². The van der Waals surface area contributed by atoms with Crippen LogP contribution in [-0.4, -0.2) is 23.2 Å². The molecule has 0 aliphatic heterocycles. The molecule has 0 bridgehead atoms. The lowest BCUT2D eigenvalue weighted by Gasteiger charge is -2.16. The van der Waals surface area contributed by atoms with Crippen molar-refractivity contribution < 1.29 is 14.3 Å². The molecule has 0 aliphatic rings. The zero-order valence-corrected chi connectivity index (χ0v) is 12.0. The summed E-state index contributed by atoms with van der Waals surface area (Å²) in [5.41, 5.74) is 0.839. The van der Waals surface area contributed by atoms with Crippen LogP contribution < -0.4 is 4.74 Å². The summed E-state index contributed by atoms with van der Waals surface area (Å²) in [6.07, 6.45) is -0.257. The molecule has 0 spiro atoms. The number of carbonyl (C=O) groups is 1. The van der Waals surface area contributed by atoms with Crippen molar-refractivity contribution >= 4 is 17.6 Å². The van der Waals surface area contributed by atoms with E-state index in [2.05, 4.69) is 4.98 Å². The SMILES string of the molecule is Cc1nc(Cl)cc(OC(C)C)c1C(=O)OC(C)C. The van der Waals surface area contributed by atoms with Crippen molar-refractivity contribution in [3.8, 4) is 5.75 Å². The molecule has 0 unspecified atom stereocenters. The summed E-state index contributed by atoms with van der Waals surface area (Å²) in [5, 5.41) is 0.296. The molecule has 0 N–H and O–H groups in total. The van der Waals surface area contributed by atoms with Gasteiger partial charge in [-0.3, -0.25) is 0 Å². The van der Waals surface area contributed by atoms with Gasteiger partial charge in [0.25, 0.3) is 0 Å². The van der Waals surface area contributed by atoms with Gasteiger partial charge in [-0.1, -0.05) is 11.6 Å². The van der Waals surface area contributed by atoms with Crippen molar-refractivity contribution in [1.82, 2.24) is 4.98 Å². The second-order valence-electron chi connectivity index (χ2n) is 4.52. The quantitative estimate of drug-likeness (QED) is 0.622. The van der Waals surface area contributed by atoms with E-state index in [1.165, 1.54) is 6.07 Å². The lowest BCUT2D eigenvalue weighted by atomic mass is 10.2. The normalized spacial score (nSPS) is 10.9. The molecule has 0 saturated carbocycles. The zero-order chi connectivity index (χ0) is 13.9. The van der Waals surface area contributed by atoms with Crippen LogP contribution in [0.3, 0.4) is 0 Å². The Hall–Kier alpha value is -1.29. The maximum Gasteiger partial charge on any atom is 0.344 e. The fourth-order valence-electron chi connectivity index (χ4n) is 1.48. The third kappa shape index (κ3) is 3.88. The Morgan fingerprint density at radius 2 is 1.89 bits per heavy atom. The molecular formula is C13H18ClNO3. The molecule has 1 heterocycles. The number of aromatic nitrogens is 1. The van der Waals surface area contributed by atoms with Crippen molar-refractivity contribution in [3.05, 3.63) is 22.5 Å². The molecule has 0 fully saturated rings. The van der Waals surface area contributed by atoms with E-state index in [0.717, 1.165) is 0 Å². The first-order chi connectivity index (χ1) is 8.31. The van der Waals surface area contributed by atoms with Crippen molar-refractivity contribution in [1.29, 1.82) is 0 Å². The Labute approximate surface area is 112 Å². The van der Waals surface area contributed by atoms with Gasteiger partial charge < -0.3 is 9.47 Å². The van der Waals surface area contributed by atoms with Crippen molar-refractivity contribution in [2.24, 2.45) is 0 Å². The number of pyridine rings is 1. The average molecular weight is 272 g/mol. The second kappa shape index (κ2) is 6.05. The average Bonchev–Trinajstić information content (AvgIpc) is 2.12. The smallest absolute Gasteiger partial charge is 0.344 e. The van der Waals surface area contributed by atoms with Gasteiger partial charge in [-0.25, -0.2) is 9.78 Å². The second-order valence-corrected chi connectivity index (χ2v) is 4.91. The summed E-state index contributed by atoms with van der Waals surface area (Å²) < 4.78 is 10.8. The largest absolute Gasteiger partial charge is 0.490 e. The fourth-order valence-corrected chi connectivity index (χ4v) is 1.70. The van der Waals surface area contributed by atoms with Gasteiger partial charge in [-0.15, -0.1) is 0 Å². The summed E-state index contributed by atoms with van der Waals surface area (Å²) >= 11 is 5.87. The first-order valence-corrected chi connectivity index (χ1v) is 6.23. The highest BCUT2D eigenvalue weighted by Gasteiger charge is 2.21. The molecule has 0 saturated heterocycles. The van der Waals surface area contributed by atoms with Crippen LogP contribution in [0.1, 0.15) is 43.7 Å². The molecule has 4 nitrogen and oxygen atoms in total. The van der Waals surface area contributed by atoms with Gasteiger partial charge >= 0.3 is 5.97 Å². The Kier molecular flexibility index (Phi) is 4.96. The Morgan fingerprint density at radius 1 is 1.28 bits per heavy atom. The molecule has 1 aromatic heterocycles. The van der Waals surface area contributed by atoms with E-state index < -0.39 is 5.97 Å². The molecule has 0 aliphatic carbocycles. The van der Waals surface area contributed by atoms with Gasteiger partial charge in [0.15, 0.2) is 0 Å². The van der Waals surface area contributed by atoms with E-state index in [0.29, 0.717) is 22.2 Å². The van der Waals surface area contributed by atoms with Crippen molar-refractivity contribution in [3.63, 3.8) is 0 Å². The molecule has 0 aromatic carbocycles. The lowest BCUT2D eigenvalue weighted by molar-refractivity contribution is 0.0370. The Balaban J connectivity index is 3.18. The van der Waals surface area contributed by atoms with Gasteiger partial charge in [0.1, 0.15) is 16.5 Å².